The summed E-state index contributed by atoms with van der Waals surface area (Å²) in [5.41, 5.74) is -1.28. The topological polar surface area (TPSA) is 82.8 Å². The van der Waals surface area contributed by atoms with Crippen LogP contribution in [0.4, 0.5) is 0 Å². The second-order valence-electron chi connectivity index (χ2n) is 6.35. The van der Waals surface area contributed by atoms with Crippen molar-refractivity contribution in [2.45, 2.75) is 45.3 Å². The highest BCUT2D eigenvalue weighted by Gasteiger charge is 2.36. The molecule has 6 heteroatoms. The smallest absolute Gasteiger partial charge is 0.243 e. The van der Waals surface area contributed by atoms with E-state index in [2.05, 4.69) is 5.32 Å². The van der Waals surface area contributed by atoms with Crippen molar-refractivity contribution >= 4 is 11.8 Å². The summed E-state index contributed by atoms with van der Waals surface area (Å²) in [6, 6.07) is 2.85. The van der Waals surface area contributed by atoms with Crippen molar-refractivity contribution in [1.82, 2.24) is 10.2 Å². The average Bonchev–Trinajstić information content (AvgIpc) is 3.09. The van der Waals surface area contributed by atoms with Crippen molar-refractivity contribution in [2.24, 2.45) is 5.92 Å². The van der Waals surface area contributed by atoms with Crippen LogP contribution >= 0.6 is 0 Å². The third-order valence-electron chi connectivity index (χ3n) is 4.00. The minimum Gasteiger partial charge on any atom is -0.466 e. The molecule has 22 heavy (non-hydrogen) atoms. The van der Waals surface area contributed by atoms with E-state index in [0.29, 0.717) is 18.7 Å². The predicted molar refractivity (Wildman–Crippen MR) is 80.9 cm³/mol. The fourth-order valence-electron chi connectivity index (χ4n) is 2.80. The third kappa shape index (κ3) is 3.50. The lowest BCUT2D eigenvalue weighted by molar-refractivity contribution is -0.139. The molecule has 0 radical (unpaired) electrons. The molecule has 1 saturated heterocycles. The van der Waals surface area contributed by atoms with Crippen LogP contribution in [0.2, 0.25) is 0 Å². The highest BCUT2D eigenvalue weighted by Crippen LogP contribution is 2.22. The van der Waals surface area contributed by atoms with E-state index in [0.717, 1.165) is 6.42 Å². The Hall–Kier alpha value is -1.82. The number of rotatable bonds is 6. The van der Waals surface area contributed by atoms with Crippen molar-refractivity contribution in [2.75, 3.05) is 13.1 Å². The lowest BCUT2D eigenvalue weighted by Crippen LogP contribution is -2.52. The van der Waals surface area contributed by atoms with E-state index in [4.69, 9.17) is 4.42 Å². The van der Waals surface area contributed by atoms with Gasteiger partial charge in [-0.1, -0.05) is 13.8 Å². The Labute approximate surface area is 130 Å². The maximum Gasteiger partial charge on any atom is 0.243 e. The molecule has 6 nitrogen and oxygen atoms in total. The molecular weight excluding hydrogens is 284 g/mol. The van der Waals surface area contributed by atoms with Crippen molar-refractivity contribution < 1.29 is 19.1 Å². The van der Waals surface area contributed by atoms with E-state index >= 15 is 0 Å². The van der Waals surface area contributed by atoms with Gasteiger partial charge in [-0.25, -0.2) is 0 Å². The Bertz CT molecular complexity index is 522. The zero-order valence-electron chi connectivity index (χ0n) is 13.3. The Morgan fingerprint density at radius 3 is 2.77 bits per heavy atom. The molecule has 1 aliphatic rings. The zero-order valence-corrected chi connectivity index (χ0v) is 13.3. The van der Waals surface area contributed by atoms with E-state index in [9.17, 15) is 14.7 Å². The lowest BCUT2D eigenvalue weighted by Gasteiger charge is -2.31. The zero-order chi connectivity index (χ0) is 16.3. The molecular formula is C16H24N2O4. The summed E-state index contributed by atoms with van der Waals surface area (Å²) in [6.45, 7) is 6.06. The largest absolute Gasteiger partial charge is 0.466 e. The Kier molecular flexibility index (Phi) is 4.90. The Balaban J connectivity index is 2.01. The molecule has 2 unspecified atom stereocenters. The first kappa shape index (κ1) is 16.5. The summed E-state index contributed by atoms with van der Waals surface area (Å²) >= 11 is 0. The van der Waals surface area contributed by atoms with Gasteiger partial charge in [-0.2, -0.15) is 0 Å². The van der Waals surface area contributed by atoms with Gasteiger partial charge in [-0.05, 0) is 31.4 Å². The number of carbonyl (C=O) groups is 2. The van der Waals surface area contributed by atoms with Gasteiger partial charge in [0.25, 0.3) is 0 Å². The van der Waals surface area contributed by atoms with Gasteiger partial charge in [0.05, 0.1) is 12.8 Å². The van der Waals surface area contributed by atoms with Crippen LogP contribution in [0.25, 0.3) is 0 Å². The second-order valence-corrected chi connectivity index (χ2v) is 6.35. The number of hydrogen-bond donors (Lipinski definition) is 2. The van der Waals surface area contributed by atoms with Gasteiger partial charge < -0.3 is 19.7 Å². The fraction of sp³-hybridized carbons (Fsp3) is 0.625. The van der Waals surface area contributed by atoms with Crippen molar-refractivity contribution in [1.29, 1.82) is 0 Å². The molecule has 1 fully saturated rings. The first-order valence-corrected chi connectivity index (χ1v) is 7.66. The summed E-state index contributed by atoms with van der Waals surface area (Å²) in [7, 11) is 0. The molecule has 2 N–H and O–H groups in total. The summed E-state index contributed by atoms with van der Waals surface area (Å²) in [5, 5.41) is 13.1. The molecule has 122 valence electrons. The molecule has 2 atom stereocenters. The number of aliphatic hydroxyl groups is 1. The minimum absolute atomic E-state index is 0.00983. The van der Waals surface area contributed by atoms with Crippen LogP contribution < -0.4 is 5.32 Å². The number of nitrogens with zero attached hydrogens (tertiary/aromatic N) is 1. The second kappa shape index (κ2) is 6.52. The van der Waals surface area contributed by atoms with Crippen LogP contribution in [0, 0.1) is 5.92 Å². The molecule has 2 amide bonds. The van der Waals surface area contributed by atoms with Gasteiger partial charge >= 0.3 is 0 Å². The lowest BCUT2D eigenvalue weighted by atomic mass is 10.00. The van der Waals surface area contributed by atoms with Gasteiger partial charge in [0.2, 0.25) is 11.8 Å². The number of amides is 2. The normalized spacial score (nSPS) is 19.3. The molecule has 1 aromatic rings. The van der Waals surface area contributed by atoms with Crippen molar-refractivity contribution in [3.05, 3.63) is 24.2 Å². The highest BCUT2D eigenvalue weighted by atomic mass is 16.4. The van der Waals surface area contributed by atoms with E-state index in [-0.39, 0.29) is 24.3 Å². The van der Waals surface area contributed by atoms with Crippen LogP contribution in [-0.4, -0.2) is 41.0 Å². The first-order chi connectivity index (χ1) is 10.3. The summed E-state index contributed by atoms with van der Waals surface area (Å²) < 4.78 is 5.19. The molecule has 2 heterocycles. The Morgan fingerprint density at radius 1 is 1.55 bits per heavy atom. The standard InChI is InChI=1S/C16H24N2O4/c1-11(2)14(18-8-4-7-13(18)19)15(20)17-10-16(3,21)12-6-5-9-22-12/h5-6,9,11,14,21H,4,7-8,10H2,1-3H3,(H,17,20). The minimum atomic E-state index is -1.28. The fourth-order valence-corrected chi connectivity index (χ4v) is 2.80. The van der Waals surface area contributed by atoms with Crippen molar-refractivity contribution in [3.63, 3.8) is 0 Å². The quantitative estimate of drug-likeness (QED) is 0.828. The SMILES string of the molecule is CC(C)C(C(=O)NCC(C)(O)c1ccco1)N1CCCC1=O. The van der Waals surface area contributed by atoms with E-state index < -0.39 is 11.6 Å². The average molecular weight is 308 g/mol. The summed E-state index contributed by atoms with van der Waals surface area (Å²) in [6.07, 6.45) is 2.77. The van der Waals surface area contributed by atoms with E-state index in [1.165, 1.54) is 6.26 Å². The monoisotopic (exact) mass is 308 g/mol. The van der Waals surface area contributed by atoms with Crippen LogP contribution in [0.15, 0.2) is 22.8 Å². The van der Waals surface area contributed by atoms with E-state index in [1.807, 2.05) is 13.8 Å². The summed E-state index contributed by atoms with van der Waals surface area (Å²) in [4.78, 5) is 26.0. The van der Waals surface area contributed by atoms with Crippen LogP contribution in [0.5, 0.6) is 0 Å². The molecule has 2 rings (SSSR count). The van der Waals surface area contributed by atoms with Crippen LogP contribution in [0.1, 0.15) is 39.4 Å². The number of furan rings is 1. The molecule has 0 bridgehead atoms. The third-order valence-corrected chi connectivity index (χ3v) is 4.00. The van der Waals surface area contributed by atoms with E-state index in [1.54, 1.807) is 24.0 Å². The van der Waals surface area contributed by atoms with Gasteiger partial charge in [0, 0.05) is 13.0 Å². The molecule has 0 spiro atoms. The Morgan fingerprint density at radius 2 is 2.27 bits per heavy atom. The summed E-state index contributed by atoms with van der Waals surface area (Å²) in [5.74, 6) is 0.186. The molecule has 1 aliphatic heterocycles. The number of nitrogens with one attached hydrogen (secondary N) is 1. The predicted octanol–water partition coefficient (Wildman–Crippen LogP) is 1.25. The van der Waals surface area contributed by atoms with Gasteiger partial charge in [0.15, 0.2) is 0 Å². The number of carbonyl (C=O) groups excluding carboxylic acids is 2. The van der Waals surface area contributed by atoms with Gasteiger partial charge in [-0.3, -0.25) is 9.59 Å². The molecule has 0 aliphatic carbocycles. The number of hydrogen-bond acceptors (Lipinski definition) is 4. The van der Waals surface area contributed by atoms with Gasteiger partial charge in [0.1, 0.15) is 17.4 Å². The maximum atomic E-state index is 12.5. The van der Waals surface area contributed by atoms with Gasteiger partial charge in [-0.15, -0.1) is 0 Å². The maximum absolute atomic E-state index is 12.5. The highest BCUT2D eigenvalue weighted by molar-refractivity contribution is 5.88. The van der Waals surface area contributed by atoms with Crippen LogP contribution in [-0.2, 0) is 15.2 Å². The first-order valence-electron chi connectivity index (χ1n) is 7.66. The van der Waals surface area contributed by atoms with Crippen molar-refractivity contribution in [3.8, 4) is 0 Å². The molecule has 0 aromatic carbocycles. The number of likely N-dealkylation sites (tertiary alicyclic amines) is 1. The molecule has 0 saturated carbocycles. The molecule has 1 aromatic heterocycles. The van der Waals surface area contributed by atoms with Crippen LogP contribution in [0.3, 0.4) is 0 Å².